The van der Waals surface area contributed by atoms with Crippen LogP contribution in [-0.2, 0) is 30.2 Å². The molecule has 1 aromatic carbocycles. The van der Waals surface area contributed by atoms with Crippen molar-refractivity contribution in [2.75, 3.05) is 45.9 Å². The highest BCUT2D eigenvalue weighted by atomic mass is 16.6. The molecule has 0 amide bonds. The first-order valence-corrected chi connectivity index (χ1v) is 7.30. The molecule has 0 bridgehead atoms. The molecule has 7 nitrogen and oxygen atoms in total. The minimum Gasteiger partial charge on any atom is -0.462 e. The van der Waals surface area contributed by atoms with E-state index in [0.717, 1.165) is 5.56 Å². The summed E-state index contributed by atoms with van der Waals surface area (Å²) in [5, 5.41) is 0. The first-order valence-electron chi connectivity index (χ1n) is 7.30. The van der Waals surface area contributed by atoms with E-state index in [1.165, 1.54) is 6.92 Å². The fourth-order valence-electron chi connectivity index (χ4n) is 1.79. The molecule has 0 saturated heterocycles. The summed E-state index contributed by atoms with van der Waals surface area (Å²) >= 11 is 0. The van der Waals surface area contributed by atoms with Gasteiger partial charge in [-0.1, -0.05) is 6.07 Å². The SMILES string of the molecule is COCCOCCc1ccc(C(=O)OCCOC(C)=O)c(N)c1. The second-order valence-electron chi connectivity index (χ2n) is 4.75. The summed E-state index contributed by atoms with van der Waals surface area (Å²) in [6, 6.07) is 5.15. The normalized spacial score (nSPS) is 10.3. The fraction of sp³-hybridized carbons (Fsp3) is 0.500. The number of hydrogen-bond donors (Lipinski definition) is 1. The summed E-state index contributed by atoms with van der Waals surface area (Å²) in [6.07, 6.45) is 0.690. The van der Waals surface area contributed by atoms with Gasteiger partial charge in [-0.2, -0.15) is 0 Å². The third-order valence-electron chi connectivity index (χ3n) is 2.92. The fourth-order valence-corrected chi connectivity index (χ4v) is 1.79. The van der Waals surface area contributed by atoms with Crippen molar-refractivity contribution in [3.8, 4) is 0 Å². The topological polar surface area (TPSA) is 97.1 Å². The molecule has 0 unspecified atom stereocenters. The Labute approximate surface area is 135 Å². The Kier molecular flexibility index (Phi) is 8.71. The van der Waals surface area contributed by atoms with Crippen LogP contribution in [0.25, 0.3) is 0 Å². The van der Waals surface area contributed by atoms with E-state index in [1.807, 2.05) is 0 Å². The van der Waals surface area contributed by atoms with Crippen molar-refractivity contribution in [1.29, 1.82) is 0 Å². The number of esters is 2. The van der Waals surface area contributed by atoms with E-state index in [4.69, 9.17) is 19.9 Å². The Morgan fingerprint density at radius 2 is 1.78 bits per heavy atom. The molecule has 0 aliphatic carbocycles. The number of ether oxygens (including phenoxy) is 4. The molecule has 0 aliphatic heterocycles. The summed E-state index contributed by atoms with van der Waals surface area (Å²) in [5.74, 6) is -0.963. The molecule has 7 heteroatoms. The van der Waals surface area contributed by atoms with Crippen LogP contribution in [0.15, 0.2) is 18.2 Å². The number of nitrogen functional groups attached to an aromatic ring is 1. The summed E-state index contributed by atoms with van der Waals surface area (Å²) in [7, 11) is 1.62. The van der Waals surface area contributed by atoms with Crippen molar-refractivity contribution in [1.82, 2.24) is 0 Å². The van der Waals surface area contributed by atoms with Crippen LogP contribution in [0.2, 0.25) is 0 Å². The third kappa shape index (κ3) is 7.62. The van der Waals surface area contributed by atoms with Crippen LogP contribution < -0.4 is 5.73 Å². The van der Waals surface area contributed by atoms with Gasteiger partial charge in [0.15, 0.2) is 0 Å². The average Bonchev–Trinajstić information content (AvgIpc) is 2.51. The molecule has 1 rings (SSSR count). The number of nitrogens with two attached hydrogens (primary N) is 1. The van der Waals surface area contributed by atoms with Crippen LogP contribution in [0.1, 0.15) is 22.8 Å². The minimum atomic E-state index is -0.544. The van der Waals surface area contributed by atoms with Crippen LogP contribution >= 0.6 is 0 Å². The lowest BCUT2D eigenvalue weighted by Crippen LogP contribution is -2.14. The number of benzene rings is 1. The number of hydrogen-bond acceptors (Lipinski definition) is 7. The predicted molar refractivity (Wildman–Crippen MR) is 84.2 cm³/mol. The largest absolute Gasteiger partial charge is 0.462 e. The molecule has 2 N–H and O–H groups in total. The van der Waals surface area contributed by atoms with Gasteiger partial charge in [-0.3, -0.25) is 4.79 Å². The Morgan fingerprint density at radius 1 is 1.04 bits per heavy atom. The van der Waals surface area contributed by atoms with Gasteiger partial charge in [0.1, 0.15) is 13.2 Å². The Bertz CT molecular complexity index is 517. The van der Waals surface area contributed by atoms with E-state index in [9.17, 15) is 9.59 Å². The molecule has 0 aliphatic rings. The second-order valence-corrected chi connectivity index (χ2v) is 4.75. The Morgan fingerprint density at radius 3 is 2.43 bits per heavy atom. The average molecular weight is 325 g/mol. The monoisotopic (exact) mass is 325 g/mol. The number of carbonyl (C=O) groups excluding carboxylic acids is 2. The summed E-state index contributed by atoms with van der Waals surface area (Å²) in [6.45, 7) is 2.95. The van der Waals surface area contributed by atoms with Crippen molar-refractivity contribution >= 4 is 17.6 Å². The highest BCUT2D eigenvalue weighted by molar-refractivity contribution is 5.95. The van der Waals surface area contributed by atoms with Gasteiger partial charge in [-0.05, 0) is 24.1 Å². The van der Waals surface area contributed by atoms with Gasteiger partial charge in [-0.25, -0.2) is 4.79 Å². The van der Waals surface area contributed by atoms with E-state index in [2.05, 4.69) is 4.74 Å². The molecule has 1 aromatic rings. The van der Waals surface area contributed by atoms with Gasteiger partial charge >= 0.3 is 11.9 Å². The van der Waals surface area contributed by atoms with Gasteiger partial charge in [0, 0.05) is 19.7 Å². The smallest absolute Gasteiger partial charge is 0.340 e. The quantitative estimate of drug-likeness (QED) is 0.392. The zero-order valence-corrected chi connectivity index (χ0v) is 13.5. The lowest BCUT2D eigenvalue weighted by molar-refractivity contribution is -0.142. The molecule has 0 atom stereocenters. The number of carbonyl (C=O) groups is 2. The van der Waals surface area contributed by atoms with Gasteiger partial charge in [-0.15, -0.1) is 0 Å². The van der Waals surface area contributed by atoms with E-state index in [1.54, 1.807) is 25.3 Å². The summed E-state index contributed by atoms with van der Waals surface area (Å²) in [5.41, 5.74) is 7.48. The maximum Gasteiger partial charge on any atom is 0.340 e. The Balaban J connectivity index is 2.42. The first kappa shape index (κ1) is 18.9. The predicted octanol–water partition coefficient (Wildman–Crippen LogP) is 1.19. The van der Waals surface area contributed by atoms with Crippen LogP contribution in [0, 0.1) is 0 Å². The molecule has 23 heavy (non-hydrogen) atoms. The summed E-state index contributed by atoms with van der Waals surface area (Å²) < 4.78 is 19.9. The molecule has 0 aromatic heterocycles. The minimum absolute atomic E-state index is 0.00700. The van der Waals surface area contributed by atoms with Crippen molar-refractivity contribution in [2.24, 2.45) is 0 Å². The highest BCUT2D eigenvalue weighted by Crippen LogP contribution is 2.16. The number of methoxy groups -OCH3 is 1. The molecule has 0 fully saturated rings. The van der Waals surface area contributed by atoms with Crippen molar-refractivity contribution in [3.63, 3.8) is 0 Å². The maximum absolute atomic E-state index is 11.9. The van der Waals surface area contributed by atoms with E-state index < -0.39 is 11.9 Å². The third-order valence-corrected chi connectivity index (χ3v) is 2.92. The number of rotatable bonds is 10. The molecule has 0 spiro atoms. The van der Waals surface area contributed by atoms with Crippen LogP contribution in [0.5, 0.6) is 0 Å². The number of anilines is 1. The molecule has 0 heterocycles. The van der Waals surface area contributed by atoms with E-state index in [-0.39, 0.29) is 18.8 Å². The molecular weight excluding hydrogens is 302 g/mol. The molecule has 0 radical (unpaired) electrons. The van der Waals surface area contributed by atoms with Gasteiger partial charge in [0.05, 0.1) is 25.4 Å². The lowest BCUT2D eigenvalue weighted by atomic mass is 10.1. The van der Waals surface area contributed by atoms with Gasteiger partial charge in [0.2, 0.25) is 0 Å². The van der Waals surface area contributed by atoms with Crippen molar-refractivity contribution < 1.29 is 28.5 Å². The Hall–Kier alpha value is -2.12. The standard InChI is InChI=1S/C16H23NO6/c1-12(18)22-9-10-23-16(19)14-4-3-13(11-15(14)17)5-6-21-8-7-20-2/h3-4,11H,5-10,17H2,1-2H3. The molecule has 0 saturated carbocycles. The summed E-state index contributed by atoms with van der Waals surface area (Å²) in [4.78, 5) is 22.5. The lowest BCUT2D eigenvalue weighted by Gasteiger charge is -2.09. The maximum atomic E-state index is 11.9. The van der Waals surface area contributed by atoms with Gasteiger partial charge in [0.25, 0.3) is 0 Å². The highest BCUT2D eigenvalue weighted by Gasteiger charge is 2.12. The van der Waals surface area contributed by atoms with Crippen molar-refractivity contribution in [3.05, 3.63) is 29.3 Å². The zero-order chi connectivity index (χ0) is 17.1. The van der Waals surface area contributed by atoms with E-state index in [0.29, 0.717) is 31.9 Å². The van der Waals surface area contributed by atoms with E-state index >= 15 is 0 Å². The first-order chi connectivity index (χ1) is 11.0. The van der Waals surface area contributed by atoms with Crippen LogP contribution in [0.4, 0.5) is 5.69 Å². The molecule has 128 valence electrons. The zero-order valence-electron chi connectivity index (χ0n) is 13.5. The van der Waals surface area contributed by atoms with Crippen LogP contribution in [0.3, 0.4) is 0 Å². The van der Waals surface area contributed by atoms with Gasteiger partial charge < -0.3 is 24.7 Å². The second kappa shape index (κ2) is 10.6. The van der Waals surface area contributed by atoms with Crippen molar-refractivity contribution in [2.45, 2.75) is 13.3 Å². The molecular formula is C16H23NO6. The van der Waals surface area contributed by atoms with Crippen LogP contribution in [-0.4, -0.2) is 52.1 Å².